The lowest BCUT2D eigenvalue weighted by Crippen LogP contribution is -2.34. The van der Waals surface area contributed by atoms with Crippen LogP contribution in [0.5, 0.6) is 0 Å². The Kier molecular flexibility index (Phi) is 40.4. The van der Waals surface area contributed by atoms with Gasteiger partial charge in [-0.15, -0.1) is 0 Å². The Bertz CT molecular complexity index is 1290. The normalized spacial score (nSPS) is 14.3. The first-order chi connectivity index (χ1) is 29.1. The summed E-state index contributed by atoms with van der Waals surface area (Å²) in [6.45, 7) is 2.71. The lowest BCUT2D eigenvalue weighted by Gasteiger charge is -2.20. The van der Waals surface area contributed by atoms with Crippen LogP contribution >= 0.6 is 7.82 Å². The van der Waals surface area contributed by atoms with Crippen LogP contribution in [0.15, 0.2) is 72.9 Å². The van der Waals surface area contributed by atoms with Crippen molar-refractivity contribution in [2.45, 2.75) is 193 Å². The second-order valence-corrected chi connectivity index (χ2v) is 16.6. The summed E-state index contributed by atoms with van der Waals surface area (Å²) < 4.78 is 32.7. The van der Waals surface area contributed by atoms with Crippen molar-refractivity contribution in [2.24, 2.45) is 5.73 Å². The van der Waals surface area contributed by atoms with Crippen LogP contribution in [-0.2, 0) is 37.5 Å². The van der Waals surface area contributed by atoms with Gasteiger partial charge in [-0.05, 0) is 89.9 Å². The molecule has 0 aliphatic rings. The van der Waals surface area contributed by atoms with Crippen molar-refractivity contribution in [3.63, 3.8) is 0 Å². The molecule has 0 aliphatic heterocycles. The molecule has 1 unspecified atom stereocenters. The fourth-order valence-corrected chi connectivity index (χ4v) is 6.56. The summed E-state index contributed by atoms with van der Waals surface area (Å²) in [5.74, 6) is -2.43. The second-order valence-electron chi connectivity index (χ2n) is 15.2. The molecule has 0 bridgehead atoms. The third-order valence-electron chi connectivity index (χ3n) is 9.43. The quantitative estimate of drug-likeness (QED) is 0.0231. The highest BCUT2D eigenvalue weighted by Gasteiger charge is 2.28. The van der Waals surface area contributed by atoms with Crippen molar-refractivity contribution in [3.05, 3.63) is 72.9 Å². The summed E-state index contributed by atoms with van der Waals surface area (Å²) in [7, 11) is -4.73. The zero-order valence-electron chi connectivity index (χ0n) is 37.3. The Labute approximate surface area is 363 Å². The van der Waals surface area contributed by atoms with E-state index in [2.05, 4.69) is 91.3 Å². The molecule has 4 N–H and O–H groups in total. The van der Waals surface area contributed by atoms with Crippen molar-refractivity contribution in [2.75, 3.05) is 19.8 Å². The van der Waals surface area contributed by atoms with Gasteiger partial charge in [-0.1, -0.05) is 151 Å². The van der Waals surface area contributed by atoms with E-state index in [1.807, 2.05) is 0 Å². The molecule has 0 aromatic heterocycles. The van der Waals surface area contributed by atoms with Crippen LogP contribution in [0.2, 0.25) is 0 Å². The topological polar surface area (TPSA) is 172 Å². The summed E-state index contributed by atoms with van der Waals surface area (Å²) in [5, 5.41) is 8.90. The molecule has 0 saturated heterocycles. The Hall–Kier alpha value is -3.08. The van der Waals surface area contributed by atoms with Crippen LogP contribution < -0.4 is 5.73 Å². The Morgan fingerprint density at radius 2 is 0.883 bits per heavy atom. The number of unbranched alkanes of at least 4 members (excludes halogenated alkanes) is 16. The van der Waals surface area contributed by atoms with Crippen molar-refractivity contribution in [1.82, 2.24) is 0 Å². The lowest BCUT2D eigenvalue weighted by molar-refractivity contribution is -0.161. The number of nitrogens with two attached hydrogens (primary N) is 1. The van der Waals surface area contributed by atoms with E-state index in [9.17, 15) is 23.8 Å². The predicted molar refractivity (Wildman–Crippen MR) is 244 cm³/mol. The van der Waals surface area contributed by atoms with Gasteiger partial charge in [0.1, 0.15) is 12.6 Å². The molecule has 11 nitrogen and oxygen atoms in total. The molecule has 0 radical (unpaired) electrons. The van der Waals surface area contributed by atoms with Gasteiger partial charge in [-0.25, -0.2) is 4.57 Å². The van der Waals surface area contributed by atoms with Gasteiger partial charge in [-0.2, -0.15) is 0 Å². The minimum absolute atomic E-state index is 0.141. The number of carbonyl (C=O) groups excluding carboxylic acids is 2. The number of hydrogen-bond acceptors (Lipinski definition) is 9. The van der Waals surface area contributed by atoms with Crippen LogP contribution in [0.1, 0.15) is 181 Å². The lowest BCUT2D eigenvalue weighted by atomic mass is 10.1. The predicted octanol–water partition coefficient (Wildman–Crippen LogP) is 12.5. The molecule has 0 amide bonds. The maximum Gasteiger partial charge on any atom is 0.472 e. The summed E-state index contributed by atoms with van der Waals surface area (Å²) in [5.41, 5.74) is 5.34. The highest BCUT2D eigenvalue weighted by atomic mass is 31.2. The summed E-state index contributed by atoms with van der Waals surface area (Å²) in [4.78, 5) is 46.0. The molecule has 344 valence electrons. The number of rotatable bonds is 42. The summed E-state index contributed by atoms with van der Waals surface area (Å²) >= 11 is 0. The Morgan fingerprint density at radius 1 is 0.517 bits per heavy atom. The molecule has 0 aliphatic carbocycles. The first-order valence-corrected chi connectivity index (χ1v) is 24.5. The zero-order chi connectivity index (χ0) is 44.2. The molecular weight excluding hydrogens is 781 g/mol. The van der Waals surface area contributed by atoms with Gasteiger partial charge in [0.05, 0.1) is 13.2 Å². The number of carboxylic acid groups (broad SMARTS) is 1. The number of carboxylic acids is 1. The molecule has 0 spiro atoms. The van der Waals surface area contributed by atoms with E-state index in [0.29, 0.717) is 12.8 Å². The van der Waals surface area contributed by atoms with Gasteiger partial charge < -0.3 is 25.2 Å². The molecule has 0 saturated carbocycles. The van der Waals surface area contributed by atoms with Gasteiger partial charge in [0, 0.05) is 12.8 Å². The maximum atomic E-state index is 12.6. The number of esters is 2. The van der Waals surface area contributed by atoms with E-state index in [-0.39, 0.29) is 19.4 Å². The average molecular weight is 864 g/mol. The molecule has 0 heterocycles. The molecular formula is C48H82NO10P. The largest absolute Gasteiger partial charge is 0.480 e. The fourth-order valence-electron chi connectivity index (χ4n) is 5.78. The third-order valence-corrected chi connectivity index (χ3v) is 10.4. The van der Waals surface area contributed by atoms with E-state index < -0.39 is 51.1 Å². The van der Waals surface area contributed by atoms with Crippen molar-refractivity contribution >= 4 is 25.7 Å². The zero-order valence-corrected chi connectivity index (χ0v) is 38.2. The van der Waals surface area contributed by atoms with E-state index in [4.69, 9.17) is 24.8 Å². The van der Waals surface area contributed by atoms with Gasteiger partial charge in [0.15, 0.2) is 6.10 Å². The number of hydrogen-bond donors (Lipinski definition) is 3. The highest BCUT2D eigenvalue weighted by Crippen LogP contribution is 2.43. The third kappa shape index (κ3) is 41.6. The Morgan fingerprint density at radius 3 is 1.33 bits per heavy atom. The molecule has 60 heavy (non-hydrogen) atoms. The van der Waals surface area contributed by atoms with Crippen LogP contribution in [0.4, 0.5) is 0 Å². The van der Waals surface area contributed by atoms with Crippen LogP contribution in [0.3, 0.4) is 0 Å². The molecule has 0 aromatic carbocycles. The molecule has 3 atom stereocenters. The average Bonchev–Trinajstić information content (AvgIpc) is 3.22. The van der Waals surface area contributed by atoms with Crippen LogP contribution in [0, 0.1) is 0 Å². The molecule has 12 heteroatoms. The maximum absolute atomic E-state index is 12.6. The van der Waals surface area contributed by atoms with E-state index in [1.165, 1.54) is 64.2 Å². The van der Waals surface area contributed by atoms with Gasteiger partial charge >= 0.3 is 25.7 Å². The van der Waals surface area contributed by atoms with Crippen LogP contribution in [-0.4, -0.2) is 59.9 Å². The van der Waals surface area contributed by atoms with E-state index in [1.54, 1.807) is 0 Å². The SMILES string of the molecule is CCCCC/C=C\C/C=C\C/C=C\C/C=C\CCCCCC(=O)OC[C@H](COP(=O)(O)OC[C@H](N)C(=O)O)OC(=O)CCCCCCCCC/C=C\C/C=C\CCCCC. The van der Waals surface area contributed by atoms with Crippen LogP contribution in [0.25, 0.3) is 0 Å². The van der Waals surface area contributed by atoms with Crippen molar-refractivity contribution < 1.29 is 47.5 Å². The molecule has 0 fully saturated rings. The Balaban J connectivity index is 4.42. The minimum atomic E-state index is -4.73. The summed E-state index contributed by atoms with van der Waals surface area (Å²) in [6.07, 6.45) is 51.0. The monoisotopic (exact) mass is 864 g/mol. The molecule has 0 aromatic rings. The first-order valence-electron chi connectivity index (χ1n) is 23.0. The smallest absolute Gasteiger partial charge is 0.472 e. The van der Waals surface area contributed by atoms with Gasteiger partial charge in [0.25, 0.3) is 0 Å². The van der Waals surface area contributed by atoms with E-state index in [0.717, 1.165) is 77.0 Å². The molecule has 0 rings (SSSR count). The number of aliphatic carboxylic acids is 1. The highest BCUT2D eigenvalue weighted by molar-refractivity contribution is 7.47. The second kappa shape index (κ2) is 42.6. The number of phosphoric acid groups is 1. The van der Waals surface area contributed by atoms with Crippen molar-refractivity contribution in [3.8, 4) is 0 Å². The van der Waals surface area contributed by atoms with E-state index >= 15 is 0 Å². The number of phosphoric ester groups is 1. The first kappa shape index (κ1) is 56.9. The summed E-state index contributed by atoms with van der Waals surface area (Å²) in [6, 6.07) is -1.53. The van der Waals surface area contributed by atoms with Crippen molar-refractivity contribution in [1.29, 1.82) is 0 Å². The van der Waals surface area contributed by atoms with Gasteiger partial charge in [0.2, 0.25) is 0 Å². The van der Waals surface area contributed by atoms with Gasteiger partial charge in [-0.3, -0.25) is 23.4 Å². The number of ether oxygens (including phenoxy) is 2. The fraction of sp³-hybridized carbons (Fsp3) is 0.688. The minimum Gasteiger partial charge on any atom is -0.480 e. The number of allylic oxidation sites excluding steroid dienone is 12. The standard InChI is InChI=1S/C48H82NO10P/c1-3-5-7-9-11-13-15-17-19-21-22-24-25-27-29-31-33-35-37-39-46(50)56-41-44(42-57-60(54,55)58-43-45(49)48(52)53)59-47(51)40-38-36-34-32-30-28-26-23-20-18-16-14-12-10-8-6-4-2/h11-14,17-20,22,24,27,29,44-45H,3-10,15-16,21,23,25-26,28,30-43,49H2,1-2H3,(H,52,53)(H,54,55)/b13-11-,14-12-,19-17-,20-18-,24-22-,29-27-/t44-,45+/m1/s1. The number of carbonyl (C=O) groups is 3.